The fourth-order valence-electron chi connectivity index (χ4n) is 1.58. The van der Waals surface area contributed by atoms with Crippen molar-refractivity contribution in [1.29, 1.82) is 0 Å². The van der Waals surface area contributed by atoms with Gasteiger partial charge in [-0.15, -0.1) is 5.10 Å². The molecule has 0 unspecified atom stereocenters. The maximum atomic E-state index is 11.5. The molecule has 0 aliphatic rings. The van der Waals surface area contributed by atoms with Crippen LogP contribution >= 0.6 is 11.8 Å². The first-order chi connectivity index (χ1) is 8.58. The Bertz CT molecular complexity index is 569. The Labute approximate surface area is 108 Å². The smallest absolute Gasteiger partial charge is 0.344 e. The van der Waals surface area contributed by atoms with E-state index in [1.165, 1.54) is 11.8 Å². The molecule has 7 nitrogen and oxygen atoms in total. The average Bonchev–Trinajstić information content (AvgIpc) is 2.86. The summed E-state index contributed by atoms with van der Waals surface area (Å²) in [6, 6.07) is 1.85. The van der Waals surface area contributed by atoms with Crippen LogP contribution in [0.1, 0.15) is 19.9 Å². The molecule has 0 aliphatic heterocycles. The lowest BCUT2D eigenvalue weighted by atomic mass is 10.4. The molecule has 0 saturated heterocycles. The first kappa shape index (κ1) is 12.7. The summed E-state index contributed by atoms with van der Waals surface area (Å²) < 4.78 is 3.41. The number of rotatable bonds is 5. The van der Waals surface area contributed by atoms with Gasteiger partial charge in [0, 0.05) is 18.0 Å². The largest absolute Gasteiger partial charge is 0.382 e. The van der Waals surface area contributed by atoms with Crippen molar-refractivity contribution in [3.8, 4) is 0 Å². The van der Waals surface area contributed by atoms with Gasteiger partial charge in [0.15, 0.2) is 5.16 Å². The summed E-state index contributed by atoms with van der Waals surface area (Å²) in [7, 11) is 0. The van der Waals surface area contributed by atoms with E-state index in [-0.39, 0.29) is 11.7 Å². The zero-order chi connectivity index (χ0) is 13.1. The molecule has 18 heavy (non-hydrogen) atoms. The highest BCUT2D eigenvalue weighted by Crippen LogP contribution is 2.16. The highest BCUT2D eigenvalue weighted by molar-refractivity contribution is 7.99. The first-order valence-corrected chi connectivity index (χ1v) is 6.65. The van der Waals surface area contributed by atoms with Gasteiger partial charge in [-0.3, -0.25) is 9.25 Å². The Hall–Kier alpha value is -1.70. The predicted octanol–water partition coefficient (Wildman–Crippen LogP) is 0.723. The van der Waals surface area contributed by atoms with Crippen LogP contribution in [-0.4, -0.2) is 30.3 Å². The van der Waals surface area contributed by atoms with Crippen molar-refractivity contribution in [1.82, 2.24) is 24.5 Å². The second-order valence-electron chi connectivity index (χ2n) is 4.13. The van der Waals surface area contributed by atoms with Crippen LogP contribution in [0, 0.1) is 0 Å². The van der Waals surface area contributed by atoms with E-state index in [9.17, 15) is 4.79 Å². The summed E-state index contributed by atoms with van der Waals surface area (Å²) in [4.78, 5) is 11.5. The molecule has 0 saturated carbocycles. The second-order valence-corrected chi connectivity index (χ2v) is 5.19. The molecule has 0 atom stereocenters. The van der Waals surface area contributed by atoms with Crippen molar-refractivity contribution in [2.24, 2.45) is 0 Å². The molecule has 3 N–H and O–H groups in total. The molecular formula is C10H16N6OS. The summed E-state index contributed by atoms with van der Waals surface area (Å²) >= 11 is 1.52. The third kappa shape index (κ3) is 2.76. The zero-order valence-electron chi connectivity index (χ0n) is 10.3. The highest BCUT2D eigenvalue weighted by atomic mass is 32.2. The number of H-pyrrole nitrogens is 1. The molecule has 98 valence electrons. The zero-order valence-corrected chi connectivity index (χ0v) is 11.1. The third-order valence-corrected chi connectivity index (χ3v) is 3.33. The van der Waals surface area contributed by atoms with E-state index in [4.69, 9.17) is 5.73 Å². The Morgan fingerprint density at radius 1 is 1.56 bits per heavy atom. The van der Waals surface area contributed by atoms with Crippen LogP contribution in [0.15, 0.2) is 22.2 Å². The molecule has 0 bridgehead atoms. The second kappa shape index (κ2) is 5.30. The lowest BCUT2D eigenvalue weighted by Gasteiger charge is -2.08. The summed E-state index contributed by atoms with van der Waals surface area (Å²) in [6.07, 6.45) is 1.83. The quantitative estimate of drug-likeness (QED) is 0.779. The summed E-state index contributed by atoms with van der Waals surface area (Å²) in [5, 5.41) is 11.3. The van der Waals surface area contributed by atoms with E-state index < -0.39 is 0 Å². The first-order valence-electron chi connectivity index (χ1n) is 5.66. The van der Waals surface area contributed by atoms with Crippen molar-refractivity contribution < 1.29 is 0 Å². The lowest BCUT2D eigenvalue weighted by Crippen LogP contribution is -2.19. The van der Waals surface area contributed by atoms with Gasteiger partial charge in [-0.2, -0.15) is 5.10 Å². The molecule has 0 spiro atoms. The standard InChI is InChI=1S/C10H16N6OS/c1-7(2)16-9(17)12-13-10(16)18-6-5-15-4-3-8(11)14-15/h3-4,7H,5-6H2,1-2H3,(H2,11,14)(H,12,17). The van der Waals surface area contributed by atoms with E-state index >= 15 is 0 Å². The molecule has 0 radical (unpaired) electrons. The van der Waals surface area contributed by atoms with Gasteiger partial charge in [0.1, 0.15) is 5.82 Å². The van der Waals surface area contributed by atoms with Crippen LogP contribution in [0.3, 0.4) is 0 Å². The fraction of sp³-hybridized carbons (Fsp3) is 0.500. The minimum Gasteiger partial charge on any atom is -0.382 e. The van der Waals surface area contributed by atoms with Gasteiger partial charge >= 0.3 is 5.69 Å². The van der Waals surface area contributed by atoms with Gasteiger partial charge in [-0.25, -0.2) is 9.89 Å². The van der Waals surface area contributed by atoms with E-state index in [2.05, 4.69) is 15.3 Å². The average molecular weight is 268 g/mol. The molecule has 8 heteroatoms. The number of nitrogens with zero attached hydrogens (tertiary/aromatic N) is 4. The fourth-order valence-corrected chi connectivity index (χ4v) is 2.58. The molecule has 2 aromatic rings. The monoisotopic (exact) mass is 268 g/mol. The number of hydrogen-bond acceptors (Lipinski definition) is 5. The summed E-state index contributed by atoms with van der Waals surface area (Å²) in [5.74, 6) is 1.29. The normalized spacial score (nSPS) is 11.3. The molecule has 2 heterocycles. The van der Waals surface area contributed by atoms with Gasteiger partial charge in [0.25, 0.3) is 0 Å². The number of nitrogens with two attached hydrogens (primary N) is 1. The third-order valence-electron chi connectivity index (χ3n) is 2.40. The van der Waals surface area contributed by atoms with Gasteiger partial charge < -0.3 is 5.73 Å². The van der Waals surface area contributed by atoms with Gasteiger partial charge in [-0.05, 0) is 19.9 Å². The van der Waals surface area contributed by atoms with E-state index in [1.54, 1.807) is 15.3 Å². The number of aromatic amines is 1. The van der Waals surface area contributed by atoms with Crippen LogP contribution in [-0.2, 0) is 6.54 Å². The Morgan fingerprint density at radius 3 is 2.94 bits per heavy atom. The maximum Gasteiger partial charge on any atom is 0.344 e. The van der Waals surface area contributed by atoms with Crippen LogP contribution in [0.5, 0.6) is 0 Å². The lowest BCUT2D eigenvalue weighted by molar-refractivity contribution is 0.533. The minimum atomic E-state index is -0.171. The van der Waals surface area contributed by atoms with Crippen molar-refractivity contribution in [3.63, 3.8) is 0 Å². The summed E-state index contributed by atoms with van der Waals surface area (Å²) in [5.41, 5.74) is 5.36. The van der Waals surface area contributed by atoms with Crippen LogP contribution in [0.2, 0.25) is 0 Å². The van der Waals surface area contributed by atoms with Gasteiger partial charge in [0.05, 0.1) is 6.54 Å². The van der Waals surface area contributed by atoms with Crippen LogP contribution < -0.4 is 11.4 Å². The molecule has 2 rings (SSSR count). The Kier molecular flexibility index (Phi) is 3.75. The molecular weight excluding hydrogens is 252 g/mol. The van der Waals surface area contributed by atoms with Gasteiger partial charge in [-0.1, -0.05) is 11.8 Å². The molecule has 0 amide bonds. The van der Waals surface area contributed by atoms with E-state index in [0.29, 0.717) is 11.0 Å². The number of aryl methyl sites for hydroxylation is 1. The number of aromatic nitrogens is 5. The van der Waals surface area contributed by atoms with Crippen molar-refractivity contribution in [2.75, 3.05) is 11.5 Å². The molecule has 0 aliphatic carbocycles. The van der Waals surface area contributed by atoms with Crippen LogP contribution in [0.25, 0.3) is 0 Å². The van der Waals surface area contributed by atoms with Crippen molar-refractivity contribution in [2.45, 2.75) is 31.6 Å². The topological polar surface area (TPSA) is 94.5 Å². The Balaban J connectivity index is 1.96. The van der Waals surface area contributed by atoms with E-state index in [0.717, 1.165) is 12.3 Å². The number of nitrogens with one attached hydrogen (secondary N) is 1. The summed E-state index contributed by atoms with van der Waals surface area (Å²) in [6.45, 7) is 4.63. The number of nitrogen functional groups attached to an aromatic ring is 1. The molecule has 2 aromatic heterocycles. The molecule has 0 aromatic carbocycles. The Morgan fingerprint density at radius 2 is 2.33 bits per heavy atom. The van der Waals surface area contributed by atoms with Gasteiger partial charge in [0.2, 0.25) is 0 Å². The van der Waals surface area contributed by atoms with E-state index in [1.807, 2.05) is 20.0 Å². The molecule has 0 fully saturated rings. The van der Waals surface area contributed by atoms with Crippen LogP contribution in [0.4, 0.5) is 5.82 Å². The van der Waals surface area contributed by atoms with Crippen molar-refractivity contribution >= 4 is 17.6 Å². The SMILES string of the molecule is CC(C)n1c(SCCn2ccc(N)n2)n[nH]c1=O. The predicted molar refractivity (Wildman–Crippen MR) is 70.6 cm³/mol. The maximum absolute atomic E-state index is 11.5. The number of thioether (sulfide) groups is 1. The number of anilines is 1. The van der Waals surface area contributed by atoms with Crippen molar-refractivity contribution in [3.05, 3.63) is 22.7 Å². The highest BCUT2D eigenvalue weighted by Gasteiger charge is 2.11. The minimum absolute atomic E-state index is 0.0964. The number of hydrogen-bond donors (Lipinski definition) is 2.